The first kappa shape index (κ1) is 15.0. The zero-order valence-electron chi connectivity index (χ0n) is 9.63. The van der Waals surface area contributed by atoms with Gasteiger partial charge in [0.25, 0.3) is 0 Å². The van der Waals surface area contributed by atoms with E-state index in [1.165, 1.54) is 0 Å². The predicted molar refractivity (Wildman–Crippen MR) is 78.7 cm³/mol. The Hall–Kier alpha value is 0.630. The smallest absolute Gasteiger partial charge is 0.0809 e. The van der Waals surface area contributed by atoms with Crippen molar-refractivity contribution in [3.63, 3.8) is 0 Å². The summed E-state index contributed by atoms with van der Waals surface area (Å²) in [4.78, 5) is 0. The van der Waals surface area contributed by atoms with Crippen LogP contribution in [0.4, 0.5) is 0 Å². The fraction of sp³-hybridized carbons (Fsp3) is 0.500. The summed E-state index contributed by atoms with van der Waals surface area (Å²) >= 11 is 30.5. The Balaban J connectivity index is 2.45. The van der Waals surface area contributed by atoms with Gasteiger partial charge in [-0.3, -0.25) is 0 Å². The molecule has 100 valence electrons. The highest BCUT2D eigenvalue weighted by atomic mass is 35.5. The van der Waals surface area contributed by atoms with Crippen molar-refractivity contribution in [2.24, 2.45) is 5.41 Å². The Kier molecular flexibility index (Phi) is 4.64. The van der Waals surface area contributed by atoms with E-state index in [9.17, 15) is 0 Å². The number of hydrogen-bond donors (Lipinski definition) is 0. The second kappa shape index (κ2) is 5.55. The van der Waals surface area contributed by atoms with E-state index >= 15 is 0 Å². The zero-order valence-corrected chi connectivity index (χ0v) is 13.4. The molecule has 1 aliphatic rings. The molecule has 2 rings (SSSR count). The van der Waals surface area contributed by atoms with E-state index in [4.69, 9.17) is 62.7 Å². The molecule has 0 aliphatic carbocycles. The van der Waals surface area contributed by atoms with Crippen molar-refractivity contribution in [1.29, 1.82) is 0 Å². The third-order valence-electron chi connectivity index (χ3n) is 3.42. The Morgan fingerprint density at radius 2 is 1.33 bits per heavy atom. The standard InChI is InChI=1S/C12H11Cl5O/c1-2-12(4-18-5-12)3-6-7(13)9(15)11(17)10(16)8(6)14/h2-5H2,1H3. The molecule has 0 amide bonds. The normalized spacial score (nSPS) is 17.7. The van der Waals surface area contributed by atoms with Gasteiger partial charge in [-0.05, 0) is 18.4 Å². The lowest BCUT2D eigenvalue weighted by molar-refractivity contribution is -0.114. The van der Waals surface area contributed by atoms with Crippen LogP contribution in [0.5, 0.6) is 0 Å². The number of halogens is 5. The molecule has 1 aromatic carbocycles. The fourth-order valence-corrected chi connectivity index (χ4v) is 3.31. The molecular weight excluding hydrogens is 337 g/mol. The van der Waals surface area contributed by atoms with Crippen LogP contribution in [0.3, 0.4) is 0 Å². The minimum atomic E-state index is 0.0772. The van der Waals surface area contributed by atoms with Crippen molar-refractivity contribution >= 4 is 58.0 Å². The second-order valence-electron chi connectivity index (χ2n) is 4.57. The molecule has 1 aromatic rings. The summed E-state index contributed by atoms with van der Waals surface area (Å²) in [6, 6.07) is 0. The highest BCUT2D eigenvalue weighted by Crippen LogP contribution is 2.47. The van der Waals surface area contributed by atoms with Crippen LogP contribution >= 0.6 is 58.0 Å². The largest absolute Gasteiger partial charge is 0.380 e. The maximum Gasteiger partial charge on any atom is 0.0809 e. The van der Waals surface area contributed by atoms with Gasteiger partial charge in [-0.2, -0.15) is 0 Å². The summed E-state index contributed by atoms with van der Waals surface area (Å²) in [7, 11) is 0. The molecule has 18 heavy (non-hydrogen) atoms. The monoisotopic (exact) mass is 346 g/mol. The lowest BCUT2D eigenvalue weighted by Gasteiger charge is -2.41. The molecule has 0 saturated carbocycles. The summed E-state index contributed by atoms with van der Waals surface area (Å²) in [5.41, 5.74) is 0.830. The number of benzene rings is 1. The quantitative estimate of drug-likeness (QED) is 0.486. The predicted octanol–water partition coefficient (Wildman–Crippen LogP) is 5.92. The maximum absolute atomic E-state index is 6.22. The lowest BCUT2D eigenvalue weighted by atomic mass is 9.77. The molecule has 1 nitrogen and oxygen atoms in total. The van der Waals surface area contributed by atoms with E-state index in [0.29, 0.717) is 29.7 Å². The van der Waals surface area contributed by atoms with Crippen molar-refractivity contribution in [2.75, 3.05) is 13.2 Å². The summed E-state index contributed by atoms with van der Waals surface area (Å²) in [6.45, 7) is 3.52. The van der Waals surface area contributed by atoms with Gasteiger partial charge >= 0.3 is 0 Å². The Morgan fingerprint density at radius 1 is 0.889 bits per heavy atom. The Morgan fingerprint density at radius 3 is 1.67 bits per heavy atom. The zero-order chi connectivity index (χ0) is 13.5. The van der Waals surface area contributed by atoms with Gasteiger partial charge in [0.1, 0.15) is 0 Å². The molecule has 1 aliphatic heterocycles. The van der Waals surface area contributed by atoms with Crippen molar-refractivity contribution in [3.05, 3.63) is 30.7 Å². The summed E-state index contributed by atoms with van der Waals surface area (Å²) < 4.78 is 5.29. The van der Waals surface area contributed by atoms with E-state index in [1.54, 1.807) is 0 Å². The second-order valence-corrected chi connectivity index (χ2v) is 6.46. The first-order valence-electron chi connectivity index (χ1n) is 5.50. The molecule has 0 atom stereocenters. The van der Waals surface area contributed by atoms with Crippen LogP contribution in [-0.2, 0) is 11.2 Å². The van der Waals surface area contributed by atoms with Gasteiger partial charge in [-0.1, -0.05) is 64.9 Å². The number of rotatable bonds is 3. The molecule has 1 heterocycles. The molecule has 0 radical (unpaired) electrons. The van der Waals surface area contributed by atoms with Gasteiger partial charge < -0.3 is 4.74 Å². The van der Waals surface area contributed by atoms with Crippen molar-refractivity contribution in [1.82, 2.24) is 0 Å². The molecule has 0 aromatic heterocycles. The van der Waals surface area contributed by atoms with E-state index in [2.05, 4.69) is 6.92 Å². The molecule has 1 saturated heterocycles. The Labute approximate surface area is 131 Å². The maximum atomic E-state index is 6.22. The summed E-state index contributed by atoms with van der Waals surface area (Å²) in [5.74, 6) is 0. The molecular formula is C12H11Cl5O. The molecule has 0 spiro atoms. The van der Waals surface area contributed by atoms with Gasteiger partial charge in [0, 0.05) is 5.41 Å². The van der Waals surface area contributed by atoms with Crippen LogP contribution in [0, 0.1) is 5.41 Å². The highest BCUT2D eigenvalue weighted by molar-refractivity contribution is 6.55. The first-order valence-corrected chi connectivity index (χ1v) is 7.39. The highest BCUT2D eigenvalue weighted by Gasteiger charge is 2.38. The molecule has 0 unspecified atom stereocenters. The van der Waals surface area contributed by atoms with Crippen LogP contribution in [0.1, 0.15) is 18.9 Å². The van der Waals surface area contributed by atoms with Gasteiger partial charge in [0.2, 0.25) is 0 Å². The fourth-order valence-electron chi connectivity index (χ4n) is 2.00. The van der Waals surface area contributed by atoms with Crippen molar-refractivity contribution < 1.29 is 4.74 Å². The molecule has 1 fully saturated rings. The van der Waals surface area contributed by atoms with E-state index < -0.39 is 0 Å². The summed E-state index contributed by atoms with van der Waals surface area (Å²) in [6.07, 6.45) is 1.68. The average molecular weight is 348 g/mol. The lowest BCUT2D eigenvalue weighted by Crippen LogP contribution is -2.43. The molecule has 6 heteroatoms. The molecule has 0 N–H and O–H groups in total. The van der Waals surface area contributed by atoms with Crippen LogP contribution < -0.4 is 0 Å². The van der Waals surface area contributed by atoms with Gasteiger partial charge in [-0.25, -0.2) is 0 Å². The third-order valence-corrected chi connectivity index (χ3v) is 5.77. The van der Waals surface area contributed by atoms with Crippen LogP contribution in [-0.4, -0.2) is 13.2 Å². The van der Waals surface area contributed by atoms with E-state index in [0.717, 1.165) is 12.0 Å². The van der Waals surface area contributed by atoms with Crippen LogP contribution in [0.2, 0.25) is 25.1 Å². The number of hydrogen-bond acceptors (Lipinski definition) is 1. The Bertz CT molecular complexity index is 447. The molecule has 0 bridgehead atoms. The topological polar surface area (TPSA) is 9.23 Å². The SMILES string of the molecule is CCC1(Cc2c(Cl)c(Cl)c(Cl)c(Cl)c2Cl)COC1. The van der Waals surface area contributed by atoms with Gasteiger partial charge in [-0.15, -0.1) is 0 Å². The minimum absolute atomic E-state index is 0.0772. The summed E-state index contributed by atoms with van der Waals surface area (Å²) in [5, 5.41) is 1.49. The van der Waals surface area contributed by atoms with Gasteiger partial charge in [0.15, 0.2) is 0 Å². The number of ether oxygens (including phenoxy) is 1. The average Bonchev–Trinajstić information content (AvgIpc) is 2.32. The van der Waals surface area contributed by atoms with E-state index in [1.807, 2.05) is 0 Å². The van der Waals surface area contributed by atoms with Crippen LogP contribution in [0.15, 0.2) is 0 Å². The van der Waals surface area contributed by atoms with Crippen molar-refractivity contribution in [2.45, 2.75) is 19.8 Å². The minimum Gasteiger partial charge on any atom is -0.380 e. The van der Waals surface area contributed by atoms with Crippen LogP contribution in [0.25, 0.3) is 0 Å². The van der Waals surface area contributed by atoms with Crippen molar-refractivity contribution in [3.8, 4) is 0 Å². The third kappa shape index (κ3) is 2.46. The first-order chi connectivity index (χ1) is 8.42. The van der Waals surface area contributed by atoms with Gasteiger partial charge in [0.05, 0.1) is 38.3 Å². The van der Waals surface area contributed by atoms with E-state index in [-0.39, 0.29) is 20.5 Å².